The Hall–Kier alpha value is -1.39. The van der Waals surface area contributed by atoms with Gasteiger partial charge in [-0.05, 0) is 52.8 Å². The van der Waals surface area contributed by atoms with Gasteiger partial charge in [-0.2, -0.15) is 0 Å². The Bertz CT molecular complexity index is 678. The number of aromatic hydroxyl groups is 1. The second-order valence-corrected chi connectivity index (χ2v) is 8.51. The van der Waals surface area contributed by atoms with Gasteiger partial charge < -0.3 is 15.3 Å². The summed E-state index contributed by atoms with van der Waals surface area (Å²) in [6, 6.07) is 3.50. The highest BCUT2D eigenvalue weighted by Gasteiger charge is 2.55. The first kappa shape index (κ1) is 17.4. The number of hydrogen-bond donors (Lipinski definition) is 3. The molecule has 2 aliphatic carbocycles. The molecule has 0 aromatic heterocycles. The number of benzene rings is 1. The van der Waals surface area contributed by atoms with Gasteiger partial charge in [0.15, 0.2) is 5.78 Å². The Morgan fingerprint density at radius 2 is 1.96 bits per heavy atom. The van der Waals surface area contributed by atoms with Crippen molar-refractivity contribution in [1.29, 1.82) is 0 Å². The normalized spacial score (nSPS) is 32.8. The van der Waals surface area contributed by atoms with Crippen molar-refractivity contribution in [3.05, 3.63) is 28.8 Å². The van der Waals surface area contributed by atoms with E-state index in [0.29, 0.717) is 24.0 Å². The van der Waals surface area contributed by atoms with Crippen molar-refractivity contribution in [3.63, 3.8) is 0 Å². The lowest BCUT2D eigenvalue weighted by atomic mass is 9.49. The van der Waals surface area contributed by atoms with Crippen LogP contribution < -0.4 is 0 Å². The number of hydrogen-bond acceptors (Lipinski definition) is 4. The van der Waals surface area contributed by atoms with E-state index < -0.39 is 6.10 Å². The second kappa shape index (κ2) is 5.57. The van der Waals surface area contributed by atoms with E-state index in [2.05, 4.69) is 6.92 Å². The molecule has 4 heteroatoms. The maximum Gasteiger partial charge on any atom is 0.163 e. The van der Waals surface area contributed by atoms with Gasteiger partial charge in [0.25, 0.3) is 0 Å². The van der Waals surface area contributed by atoms with Gasteiger partial charge in [-0.15, -0.1) is 0 Å². The van der Waals surface area contributed by atoms with E-state index in [4.69, 9.17) is 0 Å². The Balaban J connectivity index is 2.17. The van der Waals surface area contributed by atoms with Crippen molar-refractivity contribution in [2.24, 2.45) is 11.3 Å². The van der Waals surface area contributed by atoms with Crippen molar-refractivity contribution in [2.45, 2.75) is 64.4 Å². The lowest BCUT2D eigenvalue weighted by molar-refractivity contribution is -0.0687. The quantitative estimate of drug-likeness (QED) is 0.777. The summed E-state index contributed by atoms with van der Waals surface area (Å²) in [6.07, 6.45) is 1.51. The smallest absolute Gasteiger partial charge is 0.163 e. The summed E-state index contributed by atoms with van der Waals surface area (Å²) in [6.45, 7) is 8.00. The Morgan fingerprint density at radius 1 is 1.29 bits per heavy atom. The molecule has 24 heavy (non-hydrogen) atoms. The van der Waals surface area contributed by atoms with Crippen LogP contribution in [0.5, 0.6) is 5.75 Å². The average molecular weight is 332 g/mol. The molecule has 4 atom stereocenters. The van der Waals surface area contributed by atoms with Gasteiger partial charge in [-0.3, -0.25) is 4.79 Å². The fourth-order valence-electron chi connectivity index (χ4n) is 4.94. The molecule has 1 aromatic carbocycles. The van der Waals surface area contributed by atoms with Crippen LogP contribution >= 0.6 is 0 Å². The molecule has 3 rings (SSSR count). The Morgan fingerprint density at radius 3 is 2.58 bits per heavy atom. The summed E-state index contributed by atoms with van der Waals surface area (Å²) in [7, 11) is 0. The minimum Gasteiger partial charge on any atom is -0.508 e. The fourth-order valence-corrected chi connectivity index (χ4v) is 4.94. The minimum absolute atomic E-state index is 0.0502. The zero-order valence-electron chi connectivity index (χ0n) is 15.0. The first-order chi connectivity index (χ1) is 11.1. The molecule has 0 bridgehead atoms. The van der Waals surface area contributed by atoms with Gasteiger partial charge in [-0.25, -0.2) is 0 Å². The highest BCUT2D eigenvalue weighted by molar-refractivity contribution is 6.00. The van der Waals surface area contributed by atoms with Gasteiger partial charge >= 0.3 is 0 Å². The molecule has 4 nitrogen and oxygen atoms in total. The molecule has 0 aliphatic heterocycles. The first-order valence-corrected chi connectivity index (χ1v) is 8.82. The molecule has 0 radical (unpaired) electrons. The monoisotopic (exact) mass is 332 g/mol. The molecule has 0 heterocycles. The van der Waals surface area contributed by atoms with Crippen LogP contribution in [-0.2, 0) is 5.41 Å². The maximum absolute atomic E-state index is 12.8. The third kappa shape index (κ3) is 2.31. The maximum atomic E-state index is 12.8. The number of phenols is 1. The minimum atomic E-state index is -0.410. The van der Waals surface area contributed by atoms with E-state index in [9.17, 15) is 20.1 Å². The molecule has 1 unspecified atom stereocenters. The van der Waals surface area contributed by atoms with E-state index >= 15 is 0 Å². The molecule has 1 fully saturated rings. The number of aliphatic hydroxyl groups excluding tert-OH is 2. The van der Waals surface area contributed by atoms with E-state index in [0.717, 1.165) is 12.0 Å². The van der Waals surface area contributed by atoms with E-state index in [1.807, 2.05) is 20.8 Å². The SMILES string of the molecule is CC(CO)c1cc2c(cc1O)[C@@]1(C)CC[C@H](O)C(C)(C)[C@@H]1CC2=O. The third-order valence-electron chi connectivity index (χ3n) is 6.74. The summed E-state index contributed by atoms with van der Waals surface area (Å²) in [5, 5.41) is 30.3. The predicted octanol–water partition coefficient (Wildman–Crippen LogP) is 3.13. The first-order valence-electron chi connectivity index (χ1n) is 8.82. The summed E-state index contributed by atoms with van der Waals surface area (Å²) in [5.74, 6) is 0.0578. The number of phenolic OH excluding ortho intramolecular Hbond substituents is 1. The van der Waals surface area contributed by atoms with Crippen molar-refractivity contribution in [3.8, 4) is 5.75 Å². The van der Waals surface area contributed by atoms with E-state index in [-0.39, 0.29) is 40.8 Å². The van der Waals surface area contributed by atoms with Crippen LogP contribution in [0.25, 0.3) is 0 Å². The van der Waals surface area contributed by atoms with Crippen LogP contribution in [0.4, 0.5) is 0 Å². The van der Waals surface area contributed by atoms with Crippen molar-refractivity contribution in [2.75, 3.05) is 6.61 Å². The third-order valence-corrected chi connectivity index (χ3v) is 6.74. The lowest BCUT2D eigenvalue weighted by Gasteiger charge is -2.55. The number of carbonyl (C=O) groups is 1. The molecule has 1 aromatic rings. The molecule has 2 aliphatic rings. The number of ketones is 1. The van der Waals surface area contributed by atoms with E-state index in [1.165, 1.54) is 0 Å². The largest absolute Gasteiger partial charge is 0.508 e. The molecule has 0 spiro atoms. The van der Waals surface area contributed by atoms with Gasteiger partial charge in [0.1, 0.15) is 5.75 Å². The highest BCUT2D eigenvalue weighted by Crippen LogP contribution is 2.57. The average Bonchev–Trinajstić information content (AvgIpc) is 2.53. The number of rotatable bonds is 2. The highest BCUT2D eigenvalue weighted by atomic mass is 16.3. The topological polar surface area (TPSA) is 77.8 Å². The van der Waals surface area contributed by atoms with Gasteiger partial charge in [0.05, 0.1) is 6.10 Å². The summed E-state index contributed by atoms with van der Waals surface area (Å²) in [5.41, 5.74) is 1.63. The summed E-state index contributed by atoms with van der Waals surface area (Å²) < 4.78 is 0. The van der Waals surface area contributed by atoms with Crippen LogP contribution in [-0.4, -0.2) is 33.8 Å². The van der Waals surface area contributed by atoms with Crippen LogP contribution in [0.2, 0.25) is 0 Å². The Labute approximate surface area is 143 Å². The van der Waals surface area contributed by atoms with Gasteiger partial charge in [0, 0.05) is 24.5 Å². The molecule has 3 N–H and O–H groups in total. The van der Waals surface area contributed by atoms with Crippen LogP contribution in [0.1, 0.15) is 74.4 Å². The van der Waals surface area contributed by atoms with Crippen LogP contribution in [0.15, 0.2) is 12.1 Å². The number of carbonyl (C=O) groups excluding carboxylic acids is 1. The zero-order valence-corrected chi connectivity index (χ0v) is 15.0. The number of Topliss-reactive ketones (excluding diaryl/α,β-unsaturated/α-hetero) is 1. The standard InChI is InChI=1S/C20H28O4/c1-11(10-21)12-7-13-14(8-15(12)22)20(4)6-5-18(24)19(2,3)17(20)9-16(13)23/h7-8,11,17-18,21-22,24H,5-6,9-10H2,1-4H3/t11?,17-,18-,20+/m0/s1. The second-order valence-electron chi connectivity index (χ2n) is 8.51. The molecule has 0 saturated heterocycles. The van der Waals surface area contributed by atoms with E-state index in [1.54, 1.807) is 12.1 Å². The molecular formula is C20H28O4. The zero-order chi connectivity index (χ0) is 17.9. The van der Waals surface area contributed by atoms with Crippen molar-refractivity contribution < 1.29 is 20.1 Å². The molecule has 0 amide bonds. The van der Waals surface area contributed by atoms with Crippen molar-refractivity contribution in [1.82, 2.24) is 0 Å². The lowest BCUT2D eigenvalue weighted by Crippen LogP contribution is -2.54. The number of aliphatic hydroxyl groups is 2. The fraction of sp³-hybridized carbons (Fsp3) is 0.650. The Kier molecular flexibility index (Phi) is 4.04. The van der Waals surface area contributed by atoms with Gasteiger partial charge in [-0.1, -0.05) is 27.7 Å². The summed E-state index contributed by atoms with van der Waals surface area (Å²) in [4.78, 5) is 12.8. The predicted molar refractivity (Wildman–Crippen MR) is 92.4 cm³/mol. The van der Waals surface area contributed by atoms with Crippen LogP contribution in [0.3, 0.4) is 0 Å². The number of fused-ring (bicyclic) bond motifs is 3. The van der Waals surface area contributed by atoms with Crippen molar-refractivity contribution >= 4 is 5.78 Å². The van der Waals surface area contributed by atoms with Gasteiger partial charge in [0.2, 0.25) is 0 Å². The molecule has 132 valence electrons. The molecular weight excluding hydrogens is 304 g/mol. The molecule has 1 saturated carbocycles. The summed E-state index contributed by atoms with van der Waals surface area (Å²) >= 11 is 0. The van der Waals surface area contributed by atoms with Crippen LogP contribution in [0, 0.1) is 11.3 Å².